The van der Waals surface area contributed by atoms with E-state index in [4.69, 9.17) is 11.6 Å². The predicted molar refractivity (Wildman–Crippen MR) is 66.8 cm³/mol. The molecule has 1 N–H and O–H groups in total. The number of rotatable bonds is 3. The minimum Gasteiger partial charge on any atom is -0.385 e. The molecular formula is C12H12ClNOS. The maximum Gasteiger partial charge on any atom is 0.0956 e. The highest BCUT2D eigenvalue weighted by molar-refractivity contribution is 7.09. The molecule has 1 unspecified atom stereocenters. The minimum absolute atomic E-state index is 0.505. The van der Waals surface area contributed by atoms with E-state index in [-0.39, 0.29) is 0 Å². The van der Waals surface area contributed by atoms with Gasteiger partial charge in [0.05, 0.1) is 10.6 Å². The van der Waals surface area contributed by atoms with Gasteiger partial charge in [0.15, 0.2) is 0 Å². The Morgan fingerprint density at radius 2 is 2.31 bits per heavy atom. The number of halogens is 1. The SMILES string of the molecule is CC(O)(Cc1nccs1)c1cccc(Cl)c1. The van der Waals surface area contributed by atoms with E-state index in [2.05, 4.69) is 4.98 Å². The summed E-state index contributed by atoms with van der Waals surface area (Å²) in [6.07, 6.45) is 2.25. The van der Waals surface area contributed by atoms with Gasteiger partial charge in [-0.2, -0.15) is 0 Å². The summed E-state index contributed by atoms with van der Waals surface area (Å²) in [6, 6.07) is 7.30. The fraction of sp³-hybridized carbons (Fsp3) is 0.250. The van der Waals surface area contributed by atoms with Crippen LogP contribution in [-0.2, 0) is 12.0 Å². The Kier molecular flexibility index (Phi) is 3.28. The normalized spacial score (nSPS) is 14.7. The summed E-state index contributed by atoms with van der Waals surface area (Å²) in [6.45, 7) is 1.78. The number of aliphatic hydroxyl groups is 1. The predicted octanol–water partition coefficient (Wildman–Crippen LogP) is 3.25. The van der Waals surface area contributed by atoms with Crippen molar-refractivity contribution in [3.05, 3.63) is 51.4 Å². The fourth-order valence-corrected chi connectivity index (χ4v) is 2.52. The van der Waals surface area contributed by atoms with Crippen LogP contribution in [0.3, 0.4) is 0 Å². The molecule has 0 saturated carbocycles. The smallest absolute Gasteiger partial charge is 0.0956 e. The van der Waals surface area contributed by atoms with Gasteiger partial charge in [0, 0.05) is 23.0 Å². The monoisotopic (exact) mass is 253 g/mol. The van der Waals surface area contributed by atoms with Crippen LogP contribution in [0.2, 0.25) is 5.02 Å². The standard InChI is InChI=1S/C12H12ClNOS/c1-12(15,8-11-14-5-6-16-11)9-3-2-4-10(13)7-9/h2-7,15H,8H2,1H3. The summed E-state index contributed by atoms with van der Waals surface area (Å²) in [5.41, 5.74) is -0.113. The molecule has 16 heavy (non-hydrogen) atoms. The van der Waals surface area contributed by atoms with Crippen LogP contribution in [0.5, 0.6) is 0 Å². The van der Waals surface area contributed by atoms with Gasteiger partial charge in [-0.25, -0.2) is 4.98 Å². The molecule has 0 bridgehead atoms. The largest absolute Gasteiger partial charge is 0.385 e. The molecule has 0 aliphatic heterocycles. The highest BCUT2D eigenvalue weighted by Crippen LogP contribution is 2.27. The molecule has 0 fully saturated rings. The van der Waals surface area contributed by atoms with Crippen LogP contribution in [-0.4, -0.2) is 10.1 Å². The van der Waals surface area contributed by atoms with Crippen LogP contribution >= 0.6 is 22.9 Å². The molecule has 4 heteroatoms. The second-order valence-electron chi connectivity index (χ2n) is 3.89. The molecule has 84 valence electrons. The van der Waals surface area contributed by atoms with Gasteiger partial charge in [0.1, 0.15) is 0 Å². The lowest BCUT2D eigenvalue weighted by Crippen LogP contribution is -2.24. The summed E-state index contributed by atoms with van der Waals surface area (Å²) in [4.78, 5) is 4.17. The van der Waals surface area contributed by atoms with E-state index >= 15 is 0 Å². The number of hydrogen-bond donors (Lipinski definition) is 1. The topological polar surface area (TPSA) is 33.1 Å². The first-order valence-corrected chi connectivity index (χ1v) is 6.20. The second kappa shape index (κ2) is 4.53. The average Bonchev–Trinajstić information content (AvgIpc) is 2.70. The number of nitrogens with zero attached hydrogens (tertiary/aromatic N) is 1. The number of hydrogen-bond acceptors (Lipinski definition) is 3. The molecule has 1 aromatic heterocycles. The van der Waals surface area contributed by atoms with Gasteiger partial charge >= 0.3 is 0 Å². The van der Waals surface area contributed by atoms with Crippen LogP contribution in [0, 0.1) is 0 Å². The van der Waals surface area contributed by atoms with Gasteiger partial charge in [0.25, 0.3) is 0 Å². The minimum atomic E-state index is -0.928. The molecule has 1 aromatic carbocycles. The maximum atomic E-state index is 10.4. The van der Waals surface area contributed by atoms with Gasteiger partial charge in [-0.15, -0.1) is 11.3 Å². The van der Waals surface area contributed by atoms with E-state index < -0.39 is 5.60 Å². The lowest BCUT2D eigenvalue weighted by molar-refractivity contribution is 0.0576. The van der Waals surface area contributed by atoms with E-state index in [1.54, 1.807) is 36.6 Å². The number of benzene rings is 1. The van der Waals surface area contributed by atoms with Gasteiger partial charge in [-0.3, -0.25) is 0 Å². The second-order valence-corrected chi connectivity index (χ2v) is 5.30. The lowest BCUT2D eigenvalue weighted by Gasteiger charge is -2.22. The van der Waals surface area contributed by atoms with Gasteiger partial charge in [-0.05, 0) is 24.6 Å². The van der Waals surface area contributed by atoms with E-state index in [1.807, 2.05) is 17.5 Å². The summed E-state index contributed by atoms with van der Waals surface area (Å²) in [5.74, 6) is 0. The van der Waals surface area contributed by atoms with Crippen LogP contribution in [0.25, 0.3) is 0 Å². The molecule has 0 spiro atoms. The van der Waals surface area contributed by atoms with Crippen molar-refractivity contribution in [2.24, 2.45) is 0 Å². The Morgan fingerprint density at radius 1 is 1.50 bits per heavy atom. The van der Waals surface area contributed by atoms with Crippen LogP contribution < -0.4 is 0 Å². The Bertz CT molecular complexity index is 468. The Morgan fingerprint density at radius 3 is 2.94 bits per heavy atom. The summed E-state index contributed by atoms with van der Waals surface area (Å²) < 4.78 is 0. The molecule has 2 nitrogen and oxygen atoms in total. The van der Waals surface area contributed by atoms with Crippen molar-refractivity contribution in [2.75, 3.05) is 0 Å². The van der Waals surface area contributed by atoms with Crippen molar-refractivity contribution >= 4 is 22.9 Å². The van der Waals surface area contributed by atoms with Crippen molar-refractivity contribution < 1.29 is 5.11 Å². The van der Waals surface area contributed by atoms with E-state index in [0.29, 0.717) is 11.4 Å². The highest BCUT2D eigenvalue weighted by Gasteiger charge is 2.24. The Hall–Kier alpha value is -0.900. The number of aromatic nitrogens is 1. The van der Waals surface area contributed by atoms with Crippen molar-refractivity contribution in [1.29, 1.82) is 0 Å². The molecular weight excluding hydrogens is 242 g/mol. The molecule has 0 saturated heterocycles. The van der Waals surface area contributed by atoms with Crippen molar-refractivity contribution in [3.63, 3.8) is 0 Å². The molecule has 0 amide bonds. The van der Waals surface area contributed by atoms with Crippen molar-refractivity contribution in [3.8, 4) is 0 Å². The van der Waals surface area contributed by atoms with Crippen LogP contribution in [0.1, 0.15) is 17.5 Å². The molecule has 2 aromatic rings. The molecule has 2 rings (SSSR count). The molecule has 0 aliphatic rings. The van der Waals surface area contributed by atoms with Gasteiger partial charge in [-0.1, -0.05) is 23.7 Å². The highest BCUT2D eigenvalue weighted by atomic mass is 35.5. The van der Waals surface area contributed by atoms with Crippen molar-refractivity contribution in [2.45, 2.75) is 18.9 Å². The first kappa shape index (κ1) is 11.6. The zero-order valence-electron chi connectivity index (χ0n) is 8.85. The third-order valence-corrected chi connectivity index (χ3v) is 3.44. The zero-order valence-corrected chi connectivity index (χ0v) is 10.4. The van der Waals surface area contributed by atoms with E-state index in [9.17, 15) is 5.11 Å². The van der Waals surface area contributed by atoms with Crippen LogP contribution in [0.15, 0.2) is 35.8 Å². The lowest BCUT2D eigenvalue weighted by atomic mass is 9.93. The number of thiazole rings is 1. The maximum absolute atomic E-state index is 10.4. The molecule has 0 radical (unpaired) electrons. The first-order chi connectivity index (χ1) is 7.58. The summed E-state index contributed by atoms with van der Waals surface area (Å²) in [7, 11) is 0. The van der Waals surface area contributed by atoms with Gasteiger partial charge < -0.3 is 5.11 Å². The van der Waals surface area contributed by atoms with Gasteiger partial charge in [0.2, 0.25) is 0 Å². The molecule has 0 aliphatic carbocycles. The Labute approximate surface area is 104 Å². The molecule has 1 heterocycles. The van der Waals surface area contributed by atoms with E-state index in [0.717, 1.165) is 10.6 Å². The van der Waals surface area contributed by atoms with E-state index in [1.165, 1.54) is 0 Å². The van der Waals surface area contributed by atoms with Crippen LogP contribution in [0.4, 0.5) is 0 Å². The Balaban J connectivity index is 2.24. The third kappa shape index (κ3) is 2.61. The fourth-order valence-electron chi connectivity index (χ4n) is 1.56. The van der Waals surface area contributed by atoms with Crippen molar-refractivity contribution in [1.82, 2.24) is 4.98 Å². The third-order valence-electron chi connectivity index (χ3n) is 2.43. The summed E-state index contributed by atoms with van der Waals surface area (Å²) >= 11 is 7.45. The zero-order chi connectivity index (χ0) is 11.6. The average molecular weight is 254 g/mol. The summed E-state index contributed by atoms with van der Waals surface area (Å²) in [5, 5.41) is 13.9. The molecule has 1 atom stereocenters. The quantitative estimate of drug-likeness (QED) is 0.911. The first-order valence-electron chi connectivity index (χ1n) is 4.95.